The fraction of sp³-hybridized carbons (Fsp3) is 0.158. The van der Waals surface area contributed by atoms with Crippen molar-refractivity contribution in [2.24, 2.45) is 11.0 Å². The van der Waals surface area contributed by atoms with E-state index in [0.717, 1.165) is 21.5 Å². The molecule has 2 atom stereocenters. The SMILES string of the molecule is CC1C=NNC(=O)C1c1ccc(N(O)c2ncc3ccccc3n2)cc1. The Morgan fingerprint density at radius 2 is 1.88 bits per heavy atom. The zero-order valence-corrected chi connectivity index (χ0v) is 14.1. The number of para-hydroxylation sites is 1. The Morgan fingerprint density at radius 1 is 1.12 bits per heavy atom. The summed E-state index contributed by atoms with van der Waals surface area (Å²) in [4.78, 5) is 20.6. The maximum absolute atomic E-state index is 12.1. The molecule has 0 saturated heterocycles. The Kier molecular flexibility index (Phi) is 4.06. The number of anilines is 2. The third-order valence-electron chi connectivity index (χ3n) is 4.46. The van der Waals surface area contributed by atoms with Crippen molar-refractivity contribution >= 4 is 34.7 Å². The predicted molar refractivity (Wildman–Crippen MR) is 98.4 cm³/mol. The van der Waals surface area contributed by atoms with E-state index in [1.807, 2.05) is 43.3 Å². The lowest BCUT2D eigenvalue weighted by Gasteiger charge is -2.23. The molecule has 0 radical (unpaired) electrons. The second-order valence-corrected chi connectivity index (χ2v) is 6.22. The number of nitrogens with one attached hydrogen (secondary N) is 1. The molecule has 1 aliphatic rings. The second-order valence-electron chi connectivity index (χ2n) is 6.22. The first kappa shape index (κ1) is 16.2. The number of rotatable bonds is 3. The van der Waals surface area contributed by atoms with Crippen LogP contribution in [-0.2, 0) is 4.79 Å². The van der Waals surface area contributed by atoms with Crippen molar-refractivity contribution in [3.63, 3.8) is 0 Å². The van der Waals surface area contributed by atoms with E-state index in [1.54, 1.807) is 24.5 Å². The summed E-state index contributed by atoms with van der Waals surface area (Å²) >= 11 is 0. The van der Waals surface area contributed by atoms with Gasteiger partial charge in [-0.15, -0.1) is 0 Å². The molecule has 7 heteroatoms. The summed E-state index contributed by atoms with van der Waals surface area (Å²) < 4.78 is 0. The van der Waals surface area contributed by atoms with Gasteiger partial charge in [-0.25, -0.2) is 15.4 Å². The molecule has 2 N–H and O–H groups in total. The summed E-state index contributed by atoms with van der Waals surface area (Å²) in [5.74, 6) is -0.243. The molecule has 0 saturated carbocycles. The van der Waals surface area contributed by atoms with Crippen LogP contribution < -0.4 is 10.5 Å². The van der Waals surface area contributed by atoms with Crippen molar-refractivity contribution in [2.45, 2.75) is 12.8 Å². The van der Waals surface area contributed by atoms with Crippen LogP contribution in [0.2, 0.25) is 0 Å². The third kappa shape index (κ3) is 2.89. The zero-order chi connectivity index (χ0) is 18.1. The second kappa shape index (κ2) is 6.53. The fourth-order valence-electron chi connectivity index (χ4n) is 3.07. The quantitative estimate of drug-likeness (QED) is 0.711. The number of amides is 1. The van der Waals surface area contributed by atoms with Crippen LogP contribution in [0.4, 0.5) is 11.6 Å². The van der Waals surface area contributed by atoms with Crippen LogP contribution in [0.25, 0.3) is 10.9 Å². The minimum Gasteiger partial charge on any atom is -0.281 e. The highest BCUT2D eigenvalue weighted by Gasteiger charge is 2.28. The zero-order valence-electron chi connectivity index (χ0n) is 14.1. The van der Waals surface area contributed by atoms with Crippen LogP contribution in [0, 0.1) is 5.92 Å². The smallest absolute Gasteiger partial charge is 0.255 e. The Hall–Kier alpha value is -3.32. The van der Waals surface area contributed by atoms with Gasteiger partial charge in [0, 0.05) is 23.7 Å². The van der Waals surface area contributed by atoms with E-state index >= 15 is 0 Å². The molecule has 1 aromatic heterocycles. The monoisotopic (exact) mass is 347 g/mol. The molecule has 0 spiro atoms. The molecule has 0 fully saturated rings. The van der Waals surface area contributed by atoms with Crippen LogP contribution in [0.5, 0.6) is 0 Å². The van der Waals surface area contributed by atoms with Gasteiger partial charge in [-0.1, -0.05) is 37.3 Å². The van der Waals surface area contributed by atoms with Gasteiger partial charge in [0.15, 0.2) is 0 Å². The molecule has 1 aliphatic heterocycles. The largest absolute Gasteiger partial charge is 0.281 e. The van der Waals surface area contributed by atoms with Gasteiger partial charge in [0.2, 0.25) is 5.91 Å². The lowest BCUT2D eigenvalue weighted by molar-refractivity contribution is -0.123. The number of hydrogen-bond acceptors (Lipinski definition) is 6. The molecule has 0 aliphatic carbocycles. The first-order valence-corrected chi connectivity index (χ1v) is 8.27. The van der Waals surface area contributed by atoms with Crippen molar-refractivity contribution in [2.75, 3.05) is 5.06 Å². The Balaban J connectivity index is 1.61. The predicted octanol–water partition coefficient (Wildman–Crippen LogP) is 2.99. The van der Waals surface area contributed by atoms with E-state index in [9.17, 15) is 10.0 Å². The van der Waals surface area contributed by atoms with E-state index in [1.165, 1.54) is 0 Å². The molecular weight excluding hydrogens is 330 g/mol. The highest BCUT2D eigenvalue weighted by molar-refractivity contribution is 5.90. The van der Waals surface area contributed by atoms with Gasteiger partial charge in [-0.2, -0.15) is 10.2 Å². The number of nitrogens with zero attached hydrogens (tertiary/aromatic N) is 4. The third-order valence-corrected chi connectivity index (χ3v) is 4.46. The number of hydrogen-bond donors (Lipinski definition) is 2. The number of hydrazone groups is 1. The first-order valence-electron chi connectivity index (χ1n) is 8.27. The van der Waals surface area contributed by atoms with E-state index in [0.29, 0.717) is 5.69 Å². The van der Waals surface area contributed by atoms with Gasteiger partial charge in [-0.05, 0) is 23.8 Å². The molecule has 130 valence electrons. The molecule has 2 heterocycles. The molecule has 2 unspecified atom stereocenters. The maximum Gasteiger partial charge on any atom is 0.255 e. The maximum atomic E-state index is 12.1. The molecule has 3 aromatic rings. The highest BCUT2D eigenvalue weighted by Crippen LogP contribution is 2.29. The van der Waals surface area contributed by atoms with Gasteiger partial charge < -0.3 is 0 Å². The molecule has 0 bridgehead atoms. The molecule has 7 nitrogen and oxygen atoms in total. The molecule has 2 aromatic carbocycles. The van der Waals surface area contributed by atoms with E-state index < -0.39 is 0 Å². The number of aromatic nitrogens is 2. The lowest BCUT2D eigenvalue weighted by atomic mass is 9.86. The number of carbonyl (C=O) groups excluding carboxylic acids is 1. The summed E-state index contributed by atoms with van der Waals surface area (Å²) in [6.07, 6.45) is 3.39. The Bertz CT molecular complexity index is 987. The molecule has 4 rings (SSSR count). The average molecular weight is 347 g/mol. The number of carbonyl (C=O) groups is 1. The van der Waals surface area contributed by atoms with Crippen molar-refractivity contribution < 1.29 is 10.0 Å². The lowest BCUT2D eigenvalue weighted by Crippen LogP contribution is -2.34. The van der Waals surface area contributed by atoms with Gasteiger partial charge in [0.25, 0.3) is 5.95 Å². The Morgan fingerprint density at radius 3 is 2.65 bits per heavy atom. The normalized spacial score (nSPS) is 19.4. The summed E-state index contributed by atoms with van der Waals surface area (Å²) in [5.41, 5.74) is 4.62. The first-order chi connectivity index (χ1) is 12.6. The van der Waals surface area contributed by atoms with Gasteiger partial charge in [0.1, 0.15) is 0 Å². The van der Waals surface area contributed by atoms with Crippen molar-refractivity contribution in [3.8, 4) is 0 Å². The minimum atomic E-state index is -0.300. The molecular formula is C19H17N5O2. The van der Waals surface area contributed by atoms with Crippen LogP contribution in [0.15, 0.2) is 59.8 Å². The van der Waals surface area contributed by atoms with Gasteiger partial charge >= 0.3 is 0 Å². The van der Waals surface area contributed by atoms with E-state index in [4.69, 9.17) is 0 Å². The summed E-state index contributed by atoms with van der Waals surface area (Å²) in [7, 11) is 0. The summed E-state index contributed by atoms with van der Waals surface area (Å²) in [6, 6.07) is 14.7. The molecule has 1 amide bonds. The average Bonchev–Trinajstić information content (AvgIpc) is 2.67. The number of benzene rings is 2. The summed E-state index contributed by atoms with van der Waals surface area (Å²) in [6.45, 7) is 1.95. The van der Waals surface area contributed by atoms with Crippen LogP contribution in [0.1, 0.15) is 18.4 Å². The minimum absolute atomic E-state index is 0.00338. The van der Waals surface area contributed by atoms with Crippen molar-refractivity contribution in [1.82, 2.24) is 15.4 Å². The fourth-order valence-corrected chi connectivity index (χ4v) is 3.07. The van der Waals surface area contributed by atoms with Gasteiger partial charge in [-0.3, -0.25) is 10.0 Å². The van der Waals surface area contributed by atoms with Gasteiger partial charge in [0.05, 0.1) is 17.1 Å². The molecule has 26 heavy (non-hydrogen) atoms. The summed E-state index contributed by atoms with van der Waals surface area (Å²) in [5, 5.41) is 16.1. The topological polar surface area (TPSA) is 90.7 Å². The number of fused-ring (bicyclic) bond motifs is 1. The Labute approximate surface area is 150 Å². The highest BCUT2D eigenvalue weighted by atomic mass is 16.5. The van der Waals surface area contributed by atoms with Crippen LogP contribution >= 0.6 is 0 Å². The van der Waals surface area contributed by atoms with Crippen LogP contribution in [-0.4, -0.2) is 27.3 Å². The van der Waals surface area contributed by atoms with E-state index in [2.05, 4.69) is 20.5 Å². The van der Waals surface area contributed by atoms with Crippen LogP contribution in [0.3, 0.4) is 0 Å². The van der Waals surface area contributed by atoms with Crippen molar-refractivity contribution in [1.29, 1.82) is 0 Å². The van der Waals surface area contributed by atoms with Crippen molar-refractivity contribution in [3.05, 3.63) is 60.3 Å². The van der Waals surface area contributed by atoms with E-state index in [-0.39, 0.29) is 23.7 Å². The standard InChI is InChI=1S/C19H17N5O2/c1-12-10-21-23-18(25)17(12)13-6-8-15(9-7-13)24(26)19-20-11-14-4-2-3-5-16(14)22-19/h2-12,17,26H,1H3,(H,23,25).